The molecule has 1 fully saturated rings. The van der Waals surface area contributed by atoms with E-state index in [4.69, 9.17) is 9.47 Å². The highest BCUT2D eigenvalue weighted by molar-refractivity contribution is 8.18. The Balaban J connectivity index is 1.33. The van der Waals surface area contributed by atoms with Crippen molar-refractivity contribution in [2.45, 2.75) is 38.5 Å². The summed E-state index contributed by atoms with van der Waals surface area (Å²) in [4.78, 5) is 17.1. The van der Waals surface area contributed by atoms with Crippen LogP contribution in [-0.4, -0.2) is 31.6 Å². The van der Waals surface area contributed by atoms with Gasteiger partial charge in [-0.3, -0.25) is 9.52 Å². The van der Waals surface area contributed by atoms with Crippen molar-refractivity contribution in [3.05, 3.63) is 94.4 Å². The van der Waals surface area contributed by atoms with Crippen molar-refractivity contribution in [2.24, 2.45) is 4.99 Å². The molecule has 1 aliphatic rings. The number of carbonyl (C=O) groups is 1. The molecule has 0 bridgehead atoms. The molecule has 0 radical (unpaired) electrons. The molecule has 4 rings (SSSR count). The van der Waals surface area contributed by atoms with Crippen molar-refractivity contribution >= 4 is 50.3 Å². The second kappa shape index (κ2) is 13.4. The van der Waals surface area contributed by atoms with E-state index in [9.17, 15) is 26.4 Å². The Hall–Kier alpha value is -3.81. The number of sulfonamides is 1. The number of nitrogens with one attached hydrogen (secondary N) is 2. The van der Waals surface area contributed by atoms with Crippen LogP contribution in [0.3, 0.4) is 0 Å². The lowest BCUT2D eigenvalue weighted by Crippen LogP contribution is -2.29. The molecule has 2 N–H and O–H groups in total. The first-order valence-corrected chi connectivity index (χ1v) is 15.2. The van der Waals surface area contributed by atoms with E-state index in [1.54, 1.807) is 6.08 Å². The Morgan fingerprint density at radius 2 is 1.67 bits per heavy atom. The summed E-state index contributed by atoms with van der Waals surface area (Å²) in [5.74, 6) is 0.320. The Morgan fingerprint density at radius 3 is 2.26 bits per heavy atom. The van der Waals surface area contributed by atoms with Crippen LogP contribution in [0, 0.1) is 0 Å². The van der Waals surface area contributed by atoms with Crippen LogP contribution >= 0.6 is 11.8 Å². The molecular formula is C29H28F3N3O5S2. The molecule has 1 aliphatic heterocycles. The van der Waals surface area contributed by atoms with Gasteiger partial charge < -0.3 is 14.8 Å². The van der Waals surface area contributed by atoms with Crippen molar-refractivity contribution < 1.29 is 35.9 Å². The second-order valence-corrected chi connectivity index (χ2v) is 11.7. The van der Waals surface area contributed by atoms with E-state index in [1.165, 1.54) is 16.9 Å². The molecule has 0 spiro atoms. The number of alkyl halides is 3. The van der Waals surface area contributed by atoms with Gasteiger partial charge in [0.05, 0.1) is 16.7 Å². The average molecular weight is 620 g/mol. The lowest BCUT2D eigenvalue weighted by atomic mass is 10.1. The molecule has 13 heteroatoms. The Morgan fingerprint density at radius 1 is 1.00 bits per heavy atom. The van der Waals surface area contributed by atoms with Crippen LogP contribution in [0.25, 0.3) is 6.08 Å². The van der Waals surface area contributed by atoms with Crippen LogP contribution in [0.2, 0.25) is 0 Å². The number of halogens is 3. The van der Waals surface area contributed by atoms with Gasteiger partial charge in [-0.05, 0) is 84.3 Å². The van der Waals surface area contributed by atoms with Gasteiger partial charge in [-0.2, -0.15) is 21.6 Å². The van der Waals surface area contributed by atoms with E-state index >= 15 is 0 Å². The molecule has 0 aliphatic carbocycles. The molecule has 8 nitrogen and oxygen atoms in total. The Bertz CT molecular complexity index is 1560. The lowest BCUT2D eigenvalue weighted by molar-refractivity contribution is -0.115. The molecule has 0 saturated carbocycles. The third kappa shape index (κ3) is 8.14. The number of ether oxygens (including phenoxy) is 2. The maximum atomic E-state index is 12.5. The van der Waals surface area contributed by atoms with Gasteiger partial charge in [0.25, 0.3) is 5.91 Å². The fourth-order valence-corrected chi connectivity index (χ4v) is 5.28. The number of aliphatic imine (C=N–C) groups is 1. The SMILES string of the molecule is CCOC(CC)c1ccc(COc2ccc(/C=C3\SC(=Nc4ccc(NS(=O)(=O)C(F)(F)F)cc4)NC3=O)cc2)cc1. The molecule has 1 atom stereocenters. The van der Waals surface area contributed by atoms with Crippen molar-refractivity contribution in [3.63, 3.8) is 0 Å². The predicted molar refractivity (Wildman–Crippen MR) is 158 cm³/mol. The van der Waals surface area contributed by atoms with Crippen LogP contribution in [0.1, 0.15) is 43.1 Å². The zero-order chi connectivity index (χ0) is 30.3. The lowest BCUT2D eigenvalue weighted by Gasteiger charge is -2.15. The molecule has 3 aromatic carbocycles. The summed E-state index contributed by atoms with van der Waals surface area (Å²) in [7, 11) is -5.52. The van der Waals surface area contributed by atoms with Crippen LogP contribution < -0.4 is 14.8 Å². The van der Waals surface area contributed by atoms with Crippen molar-refractivity contribution in [3.8, 4) is 5.75 Å². The highest BCUT2D eigenvalue weighted by Crippen LogP contribution is 2.30. The van der Waals surface area contributed by atoms with E-state index in [-0.39, 0.29) is 22.9 Å². The summed E-state index contributed by atoms with van der Waals surface area (Å²) in [6.07, 6.45) is 2.68. The van der Waals surface area contributed by atoms with Crippen LogP contribution in [0.15, 0.2) is 82.7 Å². The van der Waals surface area contributed by atoms with Gasteiger partial charge in [0.1, 0.15) is 12.4 Å². The quantitative estimate of drug-likeness (QED) is 0.226. The zero-order valence-electron chi connectivity index (χ0n) is 22.6. The molecule has 42 heavy (non-hydrogen) atoms. The third-order valence-electron chi connectivity index (χ3n) is 5.98. The van der Waals surface area contributed by atoms with Crippen molar-refractivity contribution in [1.29, 1.82) is 0 Å². The number of thioether (sulfide) groups is 1. The fraction of sp³-hybridized carbons (Fsp3) is 0.241. The molecule has 1 saturated heterocycles. The largest absolute Gasteiger partial charge is 0.516 e. The van der Waals surface area contributed by atoms with E-state index in [2.05, 4.69) is 29.4 Å². The summed E-state index contributed by atoms with van der Waals surface area (Å²) in [6.45, 7) is 5.14. The first-order valence-electron chi connectivity index (χ1n) is 12.9. The molecule has 1 unspecified atom stereocenters. The maximum absolute atomic E-state index is 12.5. The first-order chi connectivity index (χ1) is 20.0. The second-order valence-electron chi connectivity index (χ2n) is 9.03. The van der Waals surface area contributed by atoms with Gasteiger partial charge in [-0.25, -0.2) is 4.99 Å². The van der Waals surface area contributed by atoms with E-state index in [1.807, 2.05) is 43.3 Å². The number of nitrogens with zero attached hydrogens (tertiary/aromatic N) is 1. The maximum Gasteiger partial charge on any atom is 0.516 e. The zero-order valence-corrected chi connectivity index (χ0v) is 24.3. The van der Waals surface area contributed by atoms with Crippen molar-refractivity contribution in [2.75, 3.05) is 11.3 Å². The standard InChI is InChI=1S/C29H28F3N3O5S2/c1-3-25(39-4-2)21-9-5-20(6-10-21)18-40-24-15-7-19(8-16-24)17-26-27(36)34-28(41-26)33-22-11-13-23(14-12-22)35-42(37,38)29(30,31)32/h5-17,25,35H,3-4,18H2,1-2H3,(H,33,34,36)/b26-17-. The van der Waals surface area contributed by atoms with Crippen LogP contribution in [-0.2, 0) is 26.2 Å². The molecule has 0 aromatic heterocycles. The topological polar surface area (TPSA) is 106 Å². The summed E-state index contributed by atoms with van der Waals surface area (Å²) in [5, 5.41) is 2.90. The summed E-state index contributed by atoms with van der Waals surface area (Å²) in [5.41, 5.74) is -2.46. The average Bonchev–Trinajstić information content (AvgIpc) is 3.30. The highest BCUT2D eigenvalue weighted by atomic mass is 32.2. The third-order valence-corrected chi connectivity index (χ3v) is 8.00. The number of rotatable bonds is 11. The molecular weight excluding hydrogens is 591 g/mol. The summed E-state index contributed by atoms with van der Waals surface area (Å²) < 4.78 is 73.2. The first kappa shape index (κ1) is 31.1. The smallest absolute Gasteiger partial charge is 0.489 e. The van der Waals surface area contributed by atoms with Gasteiger partial charge in [-0.15, -0.1) is 0 Å². The molecule has 222 valence electrons. The van der Waals surface area contributed by atoms with Crippen LogP contribution in [0.4, 0.5) is 24.5 Å². The van der Waals surface area contributed by atoms with Gasteiger partial charge in [0.2, 0.25) is 0 Å². The number of carbonyl (C=O) groups excluding carboxylic acids is 1. The van der Waals surface area contributed by atoms with E-state index in [0.717, 1.165) is 47.0 Å². The minimum Gasteiger partial charge on any atom is -0.489 e. The highest BCUT2D eigenvalue weighted by Gasteiger charge is 2.46. The van der Waals surface area contributed by atoms with E-state index < -0.39 is 15.5 Å². The Labute approximate surface area is 246 Å². The molecule has 3 aromatic rings. The number of amidine groups is 1. The predicted octanol–water partition coefficient (Wildman–Crippen LogP) is 6.91. The number of hydrogen-bond acceptors (Lipinski definition) is 7. The number of benzene rings is 3. The minimum absolute atomic E-state index is 0.0842. The van der Waals surface area contributed by atoms with Gasteiger partial charge in [0, 0.05) is 12.3 Å². The number of amides is 1. The van der Waals surface area contributed by atoms with Gasteiger partial charge in [0.15, 0.2) is 5.17 Å². The summed E-state index contributed by atoms with van der Waals surface area (Å²) >= 11 is 1.10. The minimum atomic E-state index is -5.52. The summed E-state index contributed by atoms with van der Waals surface area (Å²) in [6, 6.07) is 20.3. The normalized spacial score (nSPS) is 16.5. The van der Waals surface area contributed by atoms with Gasteiger partial charge >= 0.3 is 15.5 Å². The number of anilines is 1. The Kier molecular flexibility index (Phi) is 9.97. The molecule has 1 amide bonds. The monoisotopic (exact) mass is 619 g/mol. The van der Waals surface area contributed by atoms with Gasteiger partial charge in [-0.1, -0.05) is 43.3 Å². The number of hydrogen-bond donors (Lipinski definition) is 2. The fourth-order valence-electron chi connectivity index (χ4n) is 3.87. The molecule has 1 heterocycles. The van der Waals surface area contributed by atoms with Crippen LogP contribution in [0.5, 0.6) is 5.75 Å². The van der Waals surface area contributed by atoms with Crippen molar-refractivity contribution in [1.82, 2.24) is 5.32 Å². The van der Waals surface area contributed by atoms with E-state index in [0.29, 0.717) is 29.6 Å².